The maximum absolute atomic E-state index is 12.6. The lowest BCUT2D eigenvalue weighted by Crippen LogP contribution is -2.43. The van der Waals surface area contributed by atoms with Gasteiger partial charge in [-0.1, -0.05) is 13.8 Å². The molecule has 1 atom stereocenters. The van der Waals surface area contributed by atoms with Crippen LogP contribution in [0.3, 0.4) is 0 Å². The van der Waals surface area contributed by atoms with Gasteiger partial charge in [-0.15, -0.1) is 11.3 Å². The van der Waals surface area contributed by atoms with Crippen LogP contribution < -0.4 is 0 Å². The Morgan fingerprint density at radius 2 is 1.86 bits per heavy atom. The van der Waals surface area contributed by atoms with Gasteiger partial charge in [-0.3, -0.25) is 0 Å². The fourth-order valence-electron chi connectivity index (χ4n) is 2.74. The average molecular weight is 323 g/mol. The molecule has 2 rings (SSSR count). The summed E-state index contributed by atoms with van der Waals surface area (Å²) >= 11 is 0.489. The number of hydrogen-bond acceptors (Lipinski definition) is 4. The van der Waals surface area contributed by atoms with E-state index in [2.05, 4.69) is 18.8 Å². The summed E-state index contributed by atoms with van der Waals surface area (Å²) in [6.07, 6.45) is -1.47. The van der Waals surface area contributed by atoms with E-state index in [0.717, 1.165) is 19.0 Å². The molecule has 0 bridgehead atoms. The Balaban J connectivity index is 2.21. The molecule has 3 nitrogen and oxygen atoms in total. The van der Waals surface area contributed by atoms with Crippen molar-refractivity contribution in [1.82, 2.24) is 4.98 Å². The summed E-state index contributed by atoms with van der Waals surface area (Å²) in [5, 5.41) is 9.59. The van der Waals surface area contributed by atoms with E-state index in [-0.39, 0.29) is 10.3 Å². The van der Waals surface area contributed by atoms with E-state index in [1.165, 1.54) is 7.11 Å². The number of thiazole rings is 1. The minimum atomic E-state index is -4.47. The van der Waals surface area contributed by atoms with Gasteiger partial charge in [0.2, 0.25) is 0 Å². The fourth-order valence-corrected chi connectivity index (χ4v) is 3.62. The normalized spacial score (nSPS) is 23.0. The predicted octanol–water partition coefficient (Wildman–Crippen LogP) is 4.18. The fraction of sp³-hybridized carbons (Fsp3) is 0.786. The maximum Gasteiger partial charge on any atom is 0.443 e. The first-order valence-electron chi connectivity index (χ1n) is 6.86. The molecule has 0 saturated heterocycles. The second kappa shape index (κ2) is 5.52. The Labute approximate surface area is 126 Å². The lowest BCUT2D eigenvalue weighted by atomic mass is 9.69. The summed E-state index contributed by atoms with van der Waals surface area (Å²) in [6.45, 7) is 4.29. The van der Waals surface area contributed by atoms with Crippen molar-refractivity contribution in [3.63, 3.8) is 0 Å². The van der Waals surface area contributed by atoms with Crippen LogP contribution in [0.1, 0.15) is 55.5 Å². The molecular weight excluding hydrogens is 303 g/mol. The topological polar surface area (TPSA) is 42.4 Å². The van der Waals surface area contributed by atoms with Gasteiger partial charge in [0.1, 0.15) is 6.10 Å². The molecule has 0 aromatic carbocycles. The highest BCUT2D eigenvalue weighted by atomic mass is 32.1. The van der Waals surface area contributed by atoms with Crippen LogP contribution in [-0.2, 0) is 10.9 Å². The Bertz CT molecular complexity index is 489. The summed E-state index contributed by atoms with van der Waals surface area (Å²) in [7, 11) is 1.51. The minimum Gasteiger partial charge on any atom is -0.384 e. The minimum absolute atomic E-state index is 0.173. The van der Waals surface area contributed by atoms with Crippen LogP contribution >= 0.6 is 11.3 Å². The van der Waals surface area contributed by atoms with Gasteiger partial charge >= 0.3 is 6.18 Å². The number of halogens is 3. The first-order valence-corrected chi connectivity index (χ1v) is 7.67. The average Bonchev–Trinajstić information content (AvgIpc) is 2.88. The molecule has 1 aliphatic carbocycles. The molecule has 0 spiro atoms. The highest BCUT2D eigenvalue weighted by molar-refractivity contribution is 7.11. The number of alkyl halides is 3. The molecule has 7 heteroatoms. The first kappa shape index (κ1) is 16.7. The molecule has 21 heavy (non-hydrogen) atoms. The molecule has 0 radical (unpaired) electrons. The Hall–Kier alpha value is -0.660. The van der Waals surface area contributed by atoms with E-state index < -0.39 is 22.9 Å². The Kier molecular flexibility index (Phi) is 4.39. The smallest absolute Gasteiger partial charge is 0.384 e. The van der Waals surface area contributed by atoms with Gasteiger partial charge in [-0.25, -0.2) is 4.98 Å². The van der Waals surface area contributed by atoms with Crippen LogP contribution in [0.4, 0.5) is 13.2 Å². The van der Waals surface area contributed by atoms with E-state index >= 15 is 0 Å². The summed E-state index contributed by atoms with van der Waals surface area (Å²) in [6, 6.07) is 0. The highest BCUT2D eigenvalue weighted by Crippen LogP contribution is 2.48. The van der Waals surface area contributed by atoms with Crippen molar-refractivity contribution in [2.45, 2.75) is 57.4 Å². The zero-order valence-electron chi connectivity index (χ0n) is 12.3. The number of ether oxygens (including phenoxy) is 1. The number of hydrogen-bond donors (Lipinski definition) is 1. The van der Waals surface area contributed by atoms with Crippen LogP contribution in [0.5, 0.6) is 0 Å². The van der Waals surface area contributed by atoms with Crippen LogP contribution in [0, 0.1) is 5.41 Å². The monoisotopic (exact) mass is 323 g/mol. The predicted molar refractivity (Wildman–Crippen MR) is 74.1 cm³/mol. The zero-order valence-corrected chi connectivity index (χ0v) is 13.1. The number of nitrogens with zero attached hydrogens (tertiary/aromatic N) is 1. The molecule has 1 aromatic rings. The molecule has 1 unspecified atom stereocenters. The number of aliphatic hydroxyl groups is 1. The second-order valence-corrected chi connectivity index (χ2v) is 7.46. The van der Waals surface area contributed by atoms with Gasteiger partial charge in [0, 0.05) is 13.3 Å². The van der Waals surface area contributed by atoms with E-state index in [9.17, 15) is 18.3 Å². The van der Waals surface area contributed by atoms with Crippen molar-refractivity contribution in [3.05, 3.63) is 16.1 Å². The summed E-state index contributed by atoms with van der Waals surface area (Å²) in [5.41, 5.74) is -0.641. The maximum atomic E-state index is 12.6. The van der Waals surface area contributed by atoms with Gasteiger partial charge in [0.15, 0.2) is 5.01 Å². The molecule has 120 valence electrons. The third kappa shape index (κ3) is 3.40. The van der Waals surface area contributed by atoms with Crippen LogP contribution in [0.2, 0.25) is 0 Å². The molecule has 1 aliphatic rings. The number of rotatable bonds is 3. The van der Waals surface area contributed by atoms with E-state index in [0.29, 0.717) is 24.2 Å². The zero-order chi connectivity index (χ0) is 15.9. The van der Waals surface area contributed by atoms with Gasteiger partial charge < -0.3 is 9.84 Å². The third-order valence-electron chi connectivity index (χ3n) is 4.39. The molecule has 1 N–H and O–H groups in total. The van der Waals surface area contributed by atoms with E-state index in [1.807, 2.05) is 0 Å². The Morgan fingerprint density at radius 1 is 1.29 bits per heavy atom. The number of aliphatic hydroxyl groups excluding tert-OH is 1. The highest BCUT2D eigenvalue weighted by Gasteiger charge is 2.46. The van der Waals surface area contributed by atoms with Crippen LogP contribution in [0.15, 0.2) is 6.20 Å². The van der Waals surface area contributed by atoms with E-state index in [1.54, 1.807) is 0 Å². The molecule has 0 aliphatic heterocycles. The van der Waals surface area contributed by atoms with Crippen molar-refractivity contribution in [2.24, 2.45) is 5.41 Å². The van der Waals surface area contributed by atoms with Crippen molar-refractivity contribution in [3.8, 4) is 0 Å². The second-order valence-electron chi connectivity index (χ2n) is 6.40. The summed E-state index contributed by atoms with van der Waals surface area (Å²) in [4.78, 5) is 3.59. The largest absolute Gasteiger partial charge is 0.443 e. The number of methoxy groups -OCH3 is 1. The molecule has 1 aromatic heterocycles. The third-order valence-corrected chi connectivity index (χ3v) is 5.48. The van der Waals surface area contributed by atoms with Crippen LogP contribution in [0.25, 0.3) is 0 Å². The lowest BCUT2D eigenvalue weighted by Gasteiger charge is -2.44. The van der Waals surface area contributed by atoms with Crippen molar-refractivity contribution >= 4 is 11.3 Å². The van der Waals surface area contributed by atoms with Crippen molar-refractivity contribution in [1.29, 1.82) is 0 Å². The SMILES string of the molecule is COC1(C(O)c2cnc(C(F)(F)F)s2)CCC(C)(C)CC1. The molecule has 1 heterocycles. The van der Waals surface area contributed by atoms with Gasteiger partial charge in [0.05, 0.1) is 10.5 Å². The van der Waals surface area contributed by atoms with Gasteiger partial charge in [-0.2, -0.15) is 13.2 Å². The first-order chi connectivity index (χ1) is 9.60. The summed E-state index contributed by atoms with van der Waals surface area (Å²) in [5.74, 6) is 0. The van der Waals surface area contributed by atoms with Crippen molar-refractivity contribution < 1.29 is 23.0 Å². The lowest BCUT2D eigenvalue weighted by molar-refractivity contribution is -0.137. The van der Waals surface area contributed by atoms with E-state index in [4.69, 9.17) is 4.74 Å². The molecule has 1 saturated carbocycles. The van der Waals surface area contributed by atoms with Crippen molar-refractivity contribution in [2.75, 3.05) is 7.11 Å². The van der Waals surface area contributed by atoms with Crippen LogP contribution in [-0.4, -0.2) is 22.8 Å². The quantitative estimate of drug-likeness (QED) is 0.907. The standard InChI is InChI=1S/C14H20F3NO2S/c1-12(2)4-6-13(20-3,7-5-12)10(19)9-8-18-11(21-9)14(15,16)17/h8,10,19H,4-7H2,1-3H3. The van der Waals surface area contributed by atoms with Gasteiger partial charge in [-0.05, 0) is 31.1 Å². The molecule has 0 amide bonds. The summed E-state index contributed by atoms with van der Waals surface area (Å²) < 4.78 is 43.4. The number of aromatic nitrogens is 1. The molecule has 1 fully saturated rings. The van der Waals surface area contributed by atoms with Gasteiger partial charge in [0.25, 0.3) is 0 Å². The molecular formula is C14H20F3NO2S. The Morgan fingerprint density at radius 3 is 2.29 bits per heavy atom.